The van der Waals surface area contributed by atoms with Gasteiger partial charge in [-0.3, -0.25) is 0 Å². The Hall–Kier alpha value is -1.09. The number of hydrogen-bond acceptors (Lipinski definition) is 1. The molecule has 16 heavy (non-hydrogen) atoms. The average molecular weight is 281 g/mol. The quantitative estimate of drug-likeness (QED) is 0.800. The van der Waals surface area contributed by atoms with E-state index in [9.17, 15) is 4.79 Å². The lowest BCUT2D eigenvalue weighted by Crippen LogP contribution is -2.12. The second-order valence-corrected chi connectivity index (χ2v) is 5.14. The zero-order valence-electron chi connectivity index (χ0n) is 9.03. The van der Waals surface area contributed by atoms with Gasteiger partial charge in [-0.1, -0.05) is 35.0 Å². The van der Waals surface area contributed by atoms with Gasteiger partial charge in [0.25, 0.3) is 0 Å². The van der Waals surface area contributed by atoms with E-state index in [1.54, 1.807) is 0 Å². The predicted molar refractivity (Wildman–Crippen MR) is 67.2 cm³/mol. The Kier molecular flexibility index (Phi) is 3.15. The van der Waals surface area contributed by atoms with Crippen LogP contribution in [0.4, 0.5) is 0 Å². The average Bonchev–Trinajstić information content (AvgIpc) is 2.18. The van der Waals surface area contributed by atoms with Gasteiger partial charge < -0.3 is 5.11 Å². The highest BCUT2D eigenvalue weighted by Crippen LogP contribution is 2.37. The molecule has 0 fully saturated rings. The van der Waals surface area contributed by atoms with E-state index >= 15 is 0 Å². The fourth-order valence-electron chi connectivity index (χ4n) is 2.26. The Labute approximate surface area is 103 Å². The molecular formula is C13H13BrO2. The summed E-state index contributed by atoms with van der Waals surface area (Å²) in [6.07, 6.45) is 3.18. The van der Waals surface area contributed by atoms with Crippen LogP contribution in [0.5, 0.6) is 0 Å². The first-order valence-electron chi connectivity index (χ1n) is 5.29. The van der Waals surface area contributed by atoms with Crippen molar-refractivity contribution in [2.75, 3.05) is 0 Å². The normalized spacial score (nSPS) is 21.9. The zero-order valence-corrected chi connectivity index (χ0v) is 10.6. The molecule has 0 spiro atoms. The van der Waals surface area contributed by atoms with Crippen molar-refractivity contribution in [1.82, 2.24) is 0 Å². The Morgan fingerprint density at radius 3 is 2.94 bits per heavy atom. The monoisotopic (exact) mass is 280 g/mol. The highest BCUT2D eigenvalue weighted by atomic mass is 79.9. The van der Waals surface area contributed by atoms with Crippen LogP contribution >= 0.6 is 15.9 Å². The molecule has 84 valence electrons. The summed E-state index contributed by atoms with van der Waals surface area (Å²) in [6.45, 7) is 2.15. The summed E-state index contributed by atoms with van der Waals surface area (Å²) in [5.74, 6) is -0.369. The lowest BCUT2D eigenvalue weighted by Gasteiger charge is -2.25. The molecule has 1 atom stereocenters. The number of allylic oxidation sites excluding steroid dienone is 1. The largest absolute Gasteiger partial charge is 0.478 e. The molecule has 2 rings (SSSR count). The van der Waals surface area contributed by atoms with Crippen LogP contribution in [0, 0.1) is 5.92 Å². The Balaban J connectivity index is 2.54. The van der Waals surface area contributed by atoms with Gasteiger partial charge in [0.15, 0.2) is 0 Å². The molecule has 1 unspecified atom stereocenters. The van der Waals surface area contributed by atoms with Gasteiger partial charge in [0.1, 0.15) is 0 Å². The molecule has 3 heteroatoms. The molecule has 1 N–H and O–H groups in total. The molecular weight excluding hydrogens is 268 g/mol. The third-order valence-electron chi connectivity index (χ3n) is 2.88. The van der Waals surface area contributed by atoms with E-state index in [2.05, 4.69) is 22.9 Å². The van der Waals surface area contributed by atoms with Crippen molar-refractivity contribution in [3.05, 3.63) is 39.9 Å². The van der Waals surface area contributed by atoms with Crippen LogP contribution in [0.3, 0.4) is 0 Å². The highest BCUT2D eigenvalue weighted by Gasteiger charge is 2.21. The maximum absolute atomic E-state index is 10.8. The van der Waals surface area contributed by atoms with Crippen LogP contribution in [0.25, 0.3) is 5.57 Å². The molecule has 1 aliphatic rings. The predicted octanol–water partition coefficient (Wildman–Crippen LogP) is 3.50. The van der Waals surface area contributed by atoms with Crippen LogP contribution in [0.1, 0.15) is 24.5 Å². The van der Waals surface area contributed by atoms with Crippen molar-refractivity contribution in [2.45, 2.75) is 19.8 Å². The van der Waals surface area contributed by atoms with E-state index in [0.717, 1.165) is 28.5 Å². The molecule has 0 saturated carbocycles. The van der Waals surface area contributed by atoms with Crippen LogP contribution in [-0.2, 0) is 11.2 Å². The lowest BCUT2D eigenvalue weighted by atomic mass is 9.81. The second kappa shape index (κ2) is 4.42. The minimum absolute atomic E-state index is 0.497. The summed E-state index contributed by atoms with van der Waals surface area (Å²) in [5, 5.41) is 8.86. The van der Waals surface area contributed by atoms with Gasteiger partial charge in [-0.2, -0.15) is 0 Å². The van der Waals surface area contributed by atoms with Gasteiger partial charge in [-0.25, -0.2) is 4.79 Å². The van der Waals surface area contributed by atoms with Crippen LogP contribution in [0.2, 0.25) is 0 Å². The SMILES string of the molecule is CC1C/C(=C\C(=O)O)c2cccc(Br)c2C1. The molecule has 0 amide bonds. The Bertz CT molecular complexity index is 463. The molecule has 1 aromatic carbocycles. The summed E-state index contributed by atoms with van der Waals surface area (Å²) in [4.78, 5) is 10.8. The van der Waals surface area contributed by atoms with Gasteiger partial charge in [-0.05, 0) is 41.5 Å². The maximum atomic E-state index is 10.8. The fraction of sp³-hybridized carbons (Fsp3) is 0.308. The van der Waals surface area contributed by atoms with Gasteiger partial charge in [0.05, 0.1) is 0 Å². The van der Waals surface area contributed by atoms with Crippen molar-refractivity contribution in [1.29, 1.82) is 0 Å². The van der Waals surface area contributed by atoms with E-state index in [0.29, 0.717) is 5.92 Å². The third-order valence-corrected chi connectivity index (χ3v) is 3.63. The third kappa shape index (κ3) is 2.19. The topological polar surface area (TPSA) is 37.3 Å². The molecule has 1 aromatic rings. The van der Waals surface area contributed by atoms with E-state index in [-0.39, 0.29) is 0 Å². The number of rotatable bonds is 1. The number of halogens is 1. The molecule has 0 radical (unpaired) electrons. The van der Waals surface area contributed by atoms with Crippen molar-refractivity contribution in [3.8, 4) is 0 Å². The molecule has 1 aliphatic carbocycles. The van der Waals surface area contributed by atoms with Gasteiger partial charge in [0, 0.05) is 10.5 Å². The molecule has 0 heterocycles. The number of aliphatic carboxylic acids is 1. The zero-order chi connectivity index (χ0) is 11.7. The van der Waals surface area contributed by atoms with Crippen LogP contribution in [0.15, 0.2) is 28.7 Å². The number of hydrogen-bond donors (Lipinski definition) is 1. The van der Waals surface area contributed by atoms with Gasteiger partial charge in [0.2, 0.25) is 0 Å². The van der Waals surface area contributed by atoms with E-state index in [4.69, 9.17) is 5.11 Å². The number of benzene rings is 1. The van der Waals surface area contributed by atoms with E-state index < -0.39 is 5.97 Å². The van der Waals surface area contributed by atoms with Gasteiger partial charge >= 0.3 is 5.97 Å². The standard InChI is InChI=1S/C13H13BrO2/c1-8-5-9(7-13(15)16)10-3-2-4-12(14)11(10)6-8/h2-4,7-8H,5-6H2,1H3,(H,15,16)/b9-7+. The first-order chi connectivity index (χ1) is 7.58. The summed E-state index contributed by atoms with van der Waals surface area (Å²) in [5.41, 5.74) is 3.24. The fourth-order valence-corrected chi connectivity index (χ4v) is 2.79. The lowest BCUT2D eigenvalue weighted by molar-refractivity contribution is -0.131. The molecule has 0 bridgehead atoms. The van der Waals surface area contributed by atoms with Crippen molar-refractivity contribution in [2.24, 2.45) is 5.92 Å². The molecule has 0 saturated heterocycles. The Morgan fingerprint density at radius 1 is 1.50 bits per heavy atom. The first kappa shape index (κ1) is 11.4. The maximum Gasteiger partial charge on any atom is 0.328 e. The number of carboxylic acids is 1. The number of carboxylic acid groups (broad SMARTS) is 1. The highest BCUT2D eigenvalue weighted by molar-refractivity contribution is 9.10. The summed E-state index contributed by atoms with van der Waals surface area (Å²) in [7, 11) is 0. The summed E-state index contributed by atoms with van der Waals surface area (Å²) >= 11 is 3.53. The van der Waals surface area contributed by atoms with Crippen molar-refractivity contribution >= 4 is 27.5 Å². The molecule has 2 nitrogen and oxygen atoms in total. The first-order valence-corrected chi connectivity index (χ1v) is 6.08. The second-order valence-electron chi connectivity index (χ2n) is 4.29. The molecule has 0 aromatic heterocycles. The van der Waals surface area contributed by atoms with Crippen molar-refractivity contribution in [3.63, 3.8) is 0 Å². The van der Waals surface area contributed by atoms with Crippen molar-refractivity contribution < 1.29 is 9.90 Å². The minimum Gasteiger partial charge on any atom is -0.478 e. The number of fused-ring (bicyclic) bond motifs is 1. The summed E-state index contributed by atoms with van der Waals surface area (Å²) in [6, 6.07) is 5.96. The summed E-state index contributed by atoms with van der Waals surface area (Å²) < 4.78 is 1.08. The number of carbonyl (C=O) groups is 1. The smallest absolute Gasteiger partial charge is 0.328 e. The van der Waals surface area contributed by atoms with Crippen LogP contribution in [-0.4, -0.2) is 11.1 Å². The minimum atomic E-state index is -0.866. The van der Waals surface area contributed by atoms with Crippen LogP contribution < -0.4 is 0 Å². The van der Waals surface area contributed by atoms with E-state index in [1.165, 1.54) is 11.6 Å². The van der Waals surface area contributed by atoms with E-state index in [1.807, 2.05) is 18.2 Å². The molecule has 0 aliphatic heterocycles. The van der Waals surface area contributed by atoms with Gasteiger partial charge in [-0.15, -0.1) is 0 Å². The Morgan fingerprint density at radius 2 is 2.25 bits per heavy atom.